The van der Waals surface area contributed by atoms with E-state index in [2.05, 4.69) is 33.4 Å². The highest BCUT2D eigenvalue weighted by Crippen LogP contribution is 2.47. The third-order valence-corrected chi connectivity index (χ3v) is 4.64. The van der Waals surface area contributed by atoms with Crippen molar-refractivity contribution in [2.45, 2.75) is 31.2 Å². The van der Waals surface area contributed by atoms with Crippen LogP contribution in [0.2, 0.25) is 0 Å². The Bertz CT molecular complexity index is 487. The third kappa shape index (κ3) is 3.18. The van der Waals surface area contributed by atoms with E-state index in [9.17, 15) is 4.79 Å². The van der Waals surface area contributed by atoms with Gasteiger partial charge in [0.1, 0.15) is 0 Å². The fourth-order valence-corrected chi connectivity index (χ4v) is 3.05. The van der Waals surface area contributed by atoms with Crippen molar-refractivity contribution in [3.05, 3.63) is 34.3 Å². The van der Waals surface area contributed by atoms with Crippen molar-refractivity contribution in [2.75, 3.05) is 6.54 Å². The zero-order valence-electron chi connectivity index (χ0n) is 10.8. The van der Waals surface area contributed by atoms with Gasteiger partial charge in [0, 0.05) is 23.0 Å². The minimum absolute atomic E-state index is 0.140. The van der Waals surface area contributed by atoms with Crippen LogP contribution in [0.25, 0.3) is 0 Å². The molecule has 0 bridgehead atoms. The lowest BCUT2D eigenvalue weighted by atomic mass is 10.1. The van der Waals surface area contributed by atoms with Crippen LogP contribution in [-0.4, -0.2) is 18.5 Å². The molecule has 19 heavy (non-hydrogen) atoms. The molecule has 102 valence electrons. The number of amides is 1. The molecule has 1 amide bonds. The summed E-state index contributed by atoms with van der Waals surface area (Å²) in [6.45, 7) is 0.630. The first-order valence-corrected chi connectivity index (χ1v) is 7.73. The van der Waals surface area contributed by atoms with Gasteiger partial charge in [-0.1, -0.05) is 28.1 Å². The van der Waals surface area contributed by atoms with Gasteiger partial charge in [-0.15, -0.1) is 0 Å². The fraction of sp³-hybridized carbons (Fsp3) is 0.533. The molecule has 1 aromatic rings. The molecule has 2 aliphatic carbocycles. The molecule has 0 saturated heterocycles. The molecular weight excluding hydrogens is 304 g/mol. The summed E-state index contributed by atoms with van der Waals surface area (Å²) in [6.07, 6.45) is 3.41. The molecule has 3 atom stereocenters. The van der Waals surface area contributed by atoms with Gasteiger partial charge in [0.2, 0.25) is 5.91 Å². The molecular formula is C15H19BrN2O. The van der Waals surface area contributed by atoms with E-state index < -0.39 is 0 Å². The highest BCUT2D eigenvalue weighted by Gasteiger charge is 2.44. The predicted molar refractivity (Wildman–Crippen MR) is 78.7 cm³/mol. The van der Waals surface area contributed by atoms with Crippen molar-refractivity contribution >= 4 is 21.8 Å². The number of carbonyl (C=O) groups excluding carboxylic acids is 1. The van der Waals surface area contributed by atoms with Crippen LogP contribution in [-0.2, 0) is 4.79 Å². The number of halogens is 1. The van der Waals surface area contributed by atoms with Crippen molar-refractivity contribution < 1.29 is 4.79 Å². The maximum Gasteiger partial charge on any atom is 0.223 e. The smallest absolute Gasteiger partial charge is 0.223 e. The van der Waals surface area contributed by atoms with Gasteiger partial charge in [-0.25, -0.2) is 0 Å². The highest BCUT2D eigenvalue weighted by atomic mass is 79.9. The maximum absolute atomic E-state index is 12.0. The third-order valence-electron chi connectivity index (χ3n) is 4.14. The zero-order valence-corrected chi connectivity index (χ0v) is 12.4. The van der Waals surface area contributed by atoms with Crippen LogP contribution in [0.5, 0.6) is 0 Å². The van der Waals surface area contributed by atoms with Crippen LogP contribution in [0.15, 0.2) is 28.7 Å². The van der Waals surface area contributed by atoms with E-state index in [0.717, 1.165) is 10.9 Å². The normalized spacial score (nSPS) is 26.8. The maximum atomic E-state index is 12.0. The standard InChI is InChI=1S/C15H19BrN2O/c16-11-3-1-2-10(6-11)12-7-13(12)15(19)18-8-14(17)9-4-5-9/h1-3,6,9,12-14H,4-5,7-8,17H2,(H,18,19). The molecule has 0 heterocycles. The lowest BCUT2D eigenvalue weighted by Gasteiger charge is -2.11. The number of benzene rings is 1. The van der Waals surface area contributed by atoms with Crippen LogP contribution >= 0.6 is 15.9 Å². The Kier molecular flexibility index (Phi) is 3.63. The summed E-state index contributed by atoms with van der Waals surface area (Å²) in [6, 6.07) is 8.38. The number of nitrogens with two attached hydrogens (primary N) is 1. The Balaban J connectivity index is 1.50. The minimum Gasteiger partial charge on any atom is -0.354 e. The summed E-state index contributed by atoms with van der Waals surface area (Å²) in [4.78, 5) is 12.0. The average molecular weight is 323 g/mol. The molecule has 2 saturated carbocycles. The molecule has 2 fully saturated rings. The van der Waals surface area contributed by atoms with E-state index in [-0.39, 0.29) is 17.9 Å². The first-order chi connectivity index (χ1) is 9.15. The van der Waals surface area contributed by atoms with Crippen molar-refractivity contribution in [1.29, 1.82) is 0 Å². The summed E-state index contributed by atoms with van der Waals surface area (Å²) < 4.78 is 1.08. The average Bonchev–Trinajstić information content (AvgIpc) is 3.28. The van der Waals surface area contributed by atoms with Gasteiger partial charge < -0.3 is 11.1 Å². The molecule has 0 aromatic heterocycles. The van der Waals surface area contributed by atoms with Crippen molar-refractivity contribution in [3.63, 3.8) is 0 Å². The topological polar surface area (TPSA) is 55.1 Å². The molecule has 3 nitrogen and oxygen atoms in total. The number of nitrogens with one attached hydrogen (secondary N) is 1. The molecule has 2 aliphatic rings. The van der Waals surface area contributed by atoms with E-state index in [0.29, 0.717) is 18.4 Å². The van der Waals surface area contributed by atoms with Crippen molar-refractivity contribution in [3.8, 4) is 0 Å². The molecule has 0 spiro atoms. The quantitative estimate of drug-likeness (QED) is 0.874. The van der Waals surface area contributed by atoms with E-state index in [1.165, 1.54) is 18.4 Å². The second-order valence-electron chi connectivity index (χ2n) is 5.75. The molecule has 0 aliphatic heterocycles. The molecule has 1 aromatic carbocycles. The van der Waals surface area contributed by atoms with E-state index in [1.807, 2.05) is 12.1 Å². The van der Waals surface area contributed by atoms with Crippen LogP contribution in [0, 0.1) is 11.8 Å². The lowest BCUT2D eigenvalue weighted by molar-refractivity contribution is -0.122. The fourth-order valence-electron chi connectivity index (χ4n) is 2.63. The number of hydrogen-bond donors (Lipinski definition) is 2. The van der Waals surface area contributed by atoms with Gasteiger partial charge in [0.05, 0.1) is 0 Å². The van der Waals surface area contributed by atoms with E-state index in [1.54, 1.807) is 0 Å². The van der Waals surface area contributed by atoms with Crippen LogP contribution in [0.1, 0.15) is 30.7 Å². The Morgan fingerprint density at radius 1 is 1.47 bits per heavy atom. The molecule has 4 heteroatoms. The van der Waals surface area contributed by atoms with Crippen LogP contribution in [0.3, 0.4) is 0 Å². The van der Waals surface area contributed by atoms with Crippen molar-refractivity contribution in [2.24, 2.45) is 17.6 Å². The summed E-state index contributed by atoms with van der Waals surface area (Å²) in [5.74, 6) is 1.33. The van der Waals surface area contributed by atoms with Gasteiger partial charge in [0.25, 0.3) is 0 Å². The highest BCUT2D eigenvalue weighted by molar-refractivity contribution is 9.10. The Hall–Kier alpha value is -0.870. The summed E-state index contributed by atoms with van der Waals surface area (Å²) in [7, 11) is 0. The number of carbonyl (C=O) groups is 1. The summed E-state index contributed by atoms with van der Waals surface area (Å²) in [5, 5.41) is 3.00. The lowest BCUT2D eigenvalue weighted by Crippen LogP contribution is -2.39. The monoisotopic (exact) mass is 322 g/mol. The van der Waals surface area contributed by atoms with E-state index in [4.69, 9.17) is 5.73 Å². The van der Waals surface area contributed by atoms with Gasteiger partial charge in [-0.05, 0) is 48.8 Å². The van der Waals surface area contributed by atoms with Crippen LogP contribution in [0.4, 0.5) is 0 Å². The Morgan fingerprint density at radius 3 is 2.95 bits per heavy atom. The first-order valence-electron chi connectivity index (χ1n) is 6.94. The number of rotatable bonds is 5. The van der Waals surface area contributed by atoms with Gasteiger partial charge in [-0.2, -0.15) is 0 Å². The molecule has 3 unspecified atom stereocenters. The van der Waals surface area contributed by atoms with Crippen LogP contribution < -0.4 is 11.1 Å². The molecule has 3 rings (SSSR count). The Morgan fingerprint density at radius 2 is 2.26 bits per heavy atom. The van der Waals surface area contributed by atoms with Gasteiger partial charge in [0.15, 0.2) is 0 Å². The first kappa shape index (κ1) is 13.1. The second kappa shape index (κ2) is 5.25. The SMILES string of the molecule is NC(CNC(=O)C1CC1c1cccc(Br)c1)C1CC1. The summed E-state index contributed by atoms with van der Waals surface area (Å²) in [5.41, 5.74) is 7.24. The molecule has 3 N–H and O–H groups in total. The second-order valence-corrected chi connectivity index (χ2v) is 6.67. The zero-order chi connectivity index (χ0) is 13.4. The van der Waals surface area contributed by atoms with Gasteiger partial charge in [-0.3, -0.25) is 4.79 Å². The predicted octanol–water partition coefficient (Wildman–Crippen LogP) is 2.41. The van der Waals surface area contributed by atoms with E-state index >= 15 is 0 Å². The minimum atomic E-state index is 0.140. The number of hydrogen-bond acceptors (Lipinski definition) is 2. The summed E-state index contributed by atoms with van der Waals surface area (Å²) >= 11 is 3.47. The molecule has 0 radical (unpaired) electrons. The largest absolute Gasteiger partial charge is 0.354 e. The van der Waals surface area contributed by atoms with Crippen molar-refractivity contribution in [1.82, 2.24) is 5.32 Å². The van der Waals surface area contributed by atoms with Gasteiger partial charge >= 0.3 is 0 Å². The Labute approximate surface area is 122 Å².